The Bertz CT molecular complexity index is 324. The van der Waals surface area contributed by atoms with Crippen LogP contribution in [0.25, 0.3) is 0 Å². The van der Waals surface area contributed by atoms with Gasteiger partial charge in [-0.1, -0.05) is 0 Å². The minimum absolute atomic E-state index is 0.179. The van der Waals surface area contributed by atoms with Crippen LogP contribution >= 0.6 is 0 Å². The van der Waals surface area contributed by atoms with Gasteiger partial charge in [-0.2, -0.15) is 0 Å². The molecule has 3 nitrogen and oxygen atoms in total. The first kappa shape index (κ1) is 10.6. The van der Waals surface area contributed by atoms with E-state index in [1.165, 1.54) is 12.3 Å². The fourth-order valence-corrected chi connectivity index (χ4v) is 1.22. The fourth-order valence-electron chi connectivity index (χ4n) is 1.22. The van der Waals surface area contributed by atoms with Crippen molar-refractivity contribution in [1.82, 2.24) is 9.88 Å². The molecule has 0 fully saturated rings. The van der Waals surface area contributed by atoms with Crippen molar-refractivity contribution >= 4 is 5.91 Å². The summed E-state index contributed by atoms with van der Waals surface area (Å²) in [6.07, 6.45) is 2.46. The fraction of sp³-hybridized carbons (Fsp3) is 0.400. The predicted octanol–water partition coefficient (Wildman–Crippen LogP) is 1.70. The van der Waals surface area contributed by atoms with Gasteiger partial charge >= 0.3 is 0 Å². The van der Waals surface area contributed by atoms with Crippen LogP contribution in [0, 0.1) is 5.82 Å². The number of carbonyl (C=O) groups excluding carboxylic acids is 1. The molecule has 0 aliphatic rings. The minimum Gasteiger partial charge on any atom is -0.339 e. The van der Waals surface area contributed by atoms with Crippen LogP contribution < -0.4 is 0 Å². The van der Waals surface area contributed by atoms with Gasteiger partial charge in [-0.25, -0.2) is 4.39 Å². The Balaban J connectivity index is 2.88. The topological polar surface area (TPSA) is 33.2 Å². The molecule has 0 N–H and O–H groups in total. The van der Waals surface area contributed by atoms with Crippen LogP contribution in [0.3, 0.4) is 0 Å². The summed E-state index contributed by atoms with van der Waals surface area (Å²) in [5.74, 6) is -0.662. The number of hydrogen-bond acceptors (Lipinski definition) is 2. The standard InChI is InChI=1S/C10H13FN2O/c1-3-13(4-2)10(14)8-5-9(11)7-12-6-8/h5-7H,3-4H2,1-2H3. The lowest BCUT2D eigenvalue weighted by Crippen LogP contribution is -2.30. The lowest BCUT2D eigenvalue weighted by Gasteiger charge is -2.18. The summed E-state index contributed by atoms with van der Waals surface area (Å²) in [7, 11) is 0. The van der Waals surface area contributed by atoms with Crippen molar-refractivity contribution in [2.45, 2.75) is 13.8 Å². The second-order valence-corrected chi connectivity index (χ2v) is 2.87. The highest BCUT2D eigenvalue weighted by Gasteiger charge is 2.12. The van der Waals surface area contributed by atoms with E-state index in [-0.39, 0.29) is 5.91 Å². The molecule has 0 saturated heterocycles. The van der Waals surface area contributed by atoms with Gasteiger partial charge in [-0.05, 0) is 19.9 Å². The van der Waals surface area contributed by atoms with Crippen LogP contribution in [0.4, 0.5) is 4.39 Å². The van der Waals surface area contributed by atoms with Crippen LogP contribution in [0.2, 0.25) is 0 Å². The van der Waals surface area contributed by atoms with Crippen LogP contribution in [-0.4, -0.2) is 28.9 Å². The predicted molar refractivity (Wildman–Crippen MR) is 51.4 cm³/mol. The Hall–Kier alpha value is -1.45. The summed E-state index contributed by atoms with van der Waals surface area (Å²) in [6, 6.07) is 1.20. The zero-order valence-electron chi connectivity index (χ0n) is 8.33. The van der Waals surface area contributed by atoms with Crippen molar-refractivity contribution in [3.63, 3.8) is 0 Å². The number of amides is 1. The van der Waals surface area contributed by atoms with Crippen molar-refractivity contribution < 1.29 is 9.18 Å². The molecule has 0 atom stereocenters. The quantitative estimate of drug-likeness (QED) is 0.737. The molecule has 4 heteroatoms. The van der Waals surface area contributed by atoms with Gasteiger partial charge in [0.05, 0.1) is 11.8 Å². The zero-order chi connectivity index (χ0) is 10.6. The molecule has 1 heterocycles. The summed E-state index contributed by atoms with van der Waals surface area (Å²) in [6.45, 7) is 5.00. The zero-order valence-corrected chi connectivity index (χ0v) is 8.33. The molecule has 0 aromatic carbocycles. The molecule has 14 heavy (non-hydrogen) atoms. The third-order valence-corrected chi connectivity index (χ3v) is 2.00. The molecule has 0 aliphatic carbocycles. The third kappa shape index (κ3) is 2.28. The van der Waals surface area contributed by atoms with Crippen molar-refractivity contribution in [1.29, 1.82) is 0 Å². The third-order valence-electron chi connectivity index (χ3n) is 2.00. The highest BCUT2D eigenvalue weighted by Crippen LogP contribution is 2.05. The van der Waals surface area contributed by atoms with Gasteiger partial charge in [0.1, 0.15) is 5.82 Å². The smallest absolute Gasteiger partial charge is 0.255 e. The Morgan fingerprint density at radius 3 is 2.57 bits per heavy atom. The highest BCUT2D eigenvalue weighted by molar-refractivity contribution is 5.93. The first-order valence-corrected chi connectivity index (χ1v) is 4.58. The van der Waals surface area contributed by atoms with Crippen LogP contribution in [0.5, 0.6) is 0 Å². The van der Waals surface area contributed by atoms with E-state index < -0.39 is 5.82 Å². The SMILES string of the molecule is CCN(CC)C(=O)c1cncc(F)c1. The number of rotatable bonds is 3. The Kier molecular flexibility index (Phi) is 3.56. The number of nitrogens with zero attached hydrogens (tertiary/aromatic N) is 2. The summed E-state index contributed by atoms with van der Waals surface area (Å²) in [5.41, 5.74) is 0.300. The van der Waals surface area contributed by atoms with Crippen LogP contribution in [0.15, 0.2) is 18.5 Å². The van der Waals surface area contributed by atoms with Crippen molar-refractivity contribution in [2.75, 3.05) is 13.1 Å². The second-order valence-electron chi connectivity index (χ2n) is 2.87. The number of aromatic nitrogens is 1. The molecule has 0 radical (unpaired) electrons. The molecule has 0 spiro atoms. The number of pyridine rings is 1. The number of carbonyl (C=O) groups is 1. The summed E-state index contributed by atoms with van der Waals surface area (Å²) in [4.78, 5) is 16.9. The average Bonchev–Trinajstić information content (AvgIpc) is 2.19. The van der Waals surface area contributed by atoms with E-state index in [0.717, 1.165) is 6.20 Å². The molecule has 0 unspecified atom stereocenters. The van der Waals surface area contributed by atoms with E-state index in [2.05, 4.69) is 4.98 Å². The largest absolute Gasteiger partial charge is 0.339 e. The first-order valence-electron chi connectivity index (χ1n) is 4.58. The van der Waals surface area contributed by atoms with E-state index in [9.17, 15) is 9.18 Å². The lowest BCUT2D eigenvalue weighted by atomic mass is 10.2. The van der Waals surface area contributed by atoms with E-state index in [1.807, 2.05) is 13.8 Å². The summed E-state index contributed by atoms with van der Waals surface area (Å²) in [5, 5.41) is 0. The van der Waals surface area contributed by atoms with Gasteiger partial charge < -0.3 is 4.90 Å². The van der Waals surface area contributed by atoms with E-state index >= 15 is 0 Å². The van der Waals surface area contributed by atoms with E-state index in [0.29, 0.717) is 18.7 Å². The second kappa shape index (κ2) is 4.69. The lowest BCUT2D eigenvalue weighted by molar-refractivity contribution is 0.0772. The highest BCUT2D eigenvalue weighted by atomic mass is 19.1. The summed E-state index contributed by atoms with van der Waals surface area (Å²) >= 11 is 0. The van der Waals surface area contributed by atoms with Crippen molar-refractivity contribution in [3.8, 4) is 0 Å². The molecule has 1 aromatic heterocycles. The van der Waals surface area contributed by atoms with Gasteiger partial charge in [-0.3, -0.25) is 9.78 Å². The molecule has 1 aromatic rings. The maximum absolute atomic E-state index is 12.8. The van der Waals surface area contributed by atoms with Gasteiger partial charge in [-0.15, -0.1) is 0 Å². The first-order chi connectivity index (χ1) is 6.69. The maximum Gasteiger partial charge on any atom is 0.255 e. The van der Waals surface area contributed by atoms with Crippen LogP contribution in [-0.2, 0) is 0 Å². The van der Waals surface area contributed by atoms with Gasteiger partial charge in [0.25, 0.3) is 5.91 Å². The molecule has 0 saturated carbocycles. The Labute approximate surface area is 82.6 Å². The average molecular weight is 196 g/mol. The molecule has 76 valence electrons. The maximum atomic E-state index is 12.8. The summed E-state index contributed by atoms with van der Waals surface area (Å²) < 4.78 is 12.8. The number of halogens is 1. The Morgan fingerprint density at radius 2 is 2.07 bits per heavy atom. The van der Waals surface area contributed by atoms with Crippen LogP contribution in [0.1, 0.15) is 24.2 Å². The number of hydrogen-bond donors (Lipinski definition) is 0. The minimum atomic E-state index is -0.483. The molecular weight excluding hydrogens is 183 g/mol. The Morgan fingerprint density at radius 1 is 1.43 bits per heavy atom. The monoisotopic (exact) mass is 196 g/mol. The molecule has 0 aliphatic heterocycles. The van der Waals surface area contributed by atoms with Gasteiger partial charge in [0.15, 0.2) is 0 Å². The normalized spacial score (nSPS) is 9.93. The van der Waals surface area contributed by atoms with Crippen molar-refractivity contribution in [2.24, 2.45) is 0 Å². The molecule has 1 amide bonds. The van der Waals surface area contributed by atoms with Gasteiger partial charge in [0, 0.05) is 19.3 Å². The molecule has 1 rings (SSSR count). The van der Waals surface area contributed by atoms with E-state index in [1.54, 1.807) is 4.90 Å². The van der Waals surface area contributed by atoms with Crippen molar-refractivity contribution in [3.05, 3.63) is 29.8 Å². The molecular formula is C10H13FN2O. The van der Waals surface area contributed by atoms with Gasteiger partial charge in [0.2, 0.25) is 0 Å². The van der Waals surface area contributed by atoms with E-state index in [4.69, 9.17) is 0 Å². The molecule has 0 bridgehead atoms.